The van der Waals surface area contributed by atoms with Crippen molar-refractivity contribution < 1.29 is 14.6 Å². The Labute approximate surface area is 175 Å². The van der Waals surface area contributed by atoms with Crippen LogP contribution in [0, 0.1) is 0 Å². The summed E-state index contributed by atoms with van der Waals surface area (Å²) < 4.78 is 12.4. The summed E-state index contributed by atoms with van der Waals surface area (Å²) in [5, 5.41) is 13.6. The SMILES string of the molecule is COc1ccc2c3c1OC1c4nc5ccccc5cc4CC4(O)[C@@H](C2)N(C)CC[C@]314. The Morgan fingerprint density at radius 2 is 2.07 bits per heavy atom. The van der Waals surface area contributed by atoms with Gasteiger partial charge in [0.05, 0.1) is 29.3 Å². The molecule has 3 aromatic rings. The molecule has 5 heteroatoms. The summed E-state index contributed by atoms with van der Waals surface area (Å²) in [5.41, 5.74) is 4.12. The van der Waals surface area contributed by atoms with E-state index >= 15 is 0 Å². The monoisotopic (exact) mass is 400 g/mol. The van der Waals surface area contributed by atoms with Gasteiger partial charge in [-0.2, -0.15) is 0 Å². The number of pyridine rings is 1. The predicted molar refractivity (Wildman–Crippen MR) is 113 cm³/mol. The zero-order valence-corrected chi connectivity index (χ0v) is 17.2. The Morgan fingerprint density at radius 1 is 1.20 bits per heavy atom. The van der Waals surface area contributed by atoms with Crippen LogP contribution in [-0.4, -0.2) is 47.3 Å². The third-order valence-electron chi connectivity index (χ3n) is 8.23. The van der Waals surface area contributed by atoms with Crippen LogP contribution >= 0.6 is 0 Å². The van der Waals surface area contributed by atoms with Crippen LogP contribution in [0.5, 0.6) is 11.5 Å². The van der Waals surface area contributed by atoms with Gasteiger partial charge < -0.3 is 19.5 Å². The predicted octanol–water partition coefficient (Wildman–Crippen LogP) is 3.16. The summed E-state index contributed by atoms with van der Waals surface area (Å²) in [4.78, 5) is 7.43. The van der Waals surface area contributed by atoms with Gasteiger partial charge in [0, 0.05) is 23.4 Å². The van der Waals surface area contributed by atoms with Crippen LogP contribution in [0.1, 0.15) is 34.9 Å². The summed E-state index contributed by atoms with van der Waals surface area (Å²) in [6, 6.07) is 14.7. The Morgan fingerprint density at radius 3 is 2.93 bits per heavy atom. The van der Waals surface area contributed by atoms with E-state index in [0.29, 0.717) is 6.42 Å². The van der Waals surface area contributed by atoms with Crippen molar-refractivity contribution in [3.8, 4) is 11.5 Å². The zero-order valence-electron chi connectivity index (χ0n) is 17.2. The summed E-state index contributed by atoms with van der Waals surface area (Å²) >= 11 is 0. The van der Waals surface area contributed by atoms with Crippen molar-refractivity contribution in [3.63, 3.8) is 0 Å². The minimum absolute atomic E-state index is 0.0591. The Hall–Kier alpha value is -2.63. The molecule has 2 aliphatic heterocycles. The number of piperidine rings is 1. The van der Waals surface area contributed by atoms with Gasteiger partial charge in [-0.15, -0.1) is 0 Å². The first kappa shape index (κ1) is 17.1. The second-order valence-electron chi connectivity index (χ2n) is 9.38. The van der Waals surface area contributed by atoms with E-state index in [4.69, 9.17) is 14.5 Å². The van der Waals surface area contributed by atoms with Crippen molar-refractivity contribution in [1.29, 1.82) is 0 Å². The lowest BCUT2D eigenvalue weighted by Gasteiger charge is -2.62. The molecule has 5 nitrogen and oxygen atoms in total. The molecule has 2 unspecified atom stereocenters. The Balaban J connectivity index is 1.58. The van der Waals surface area contributed by atoms with Crippen LogP contribution in [0.15, 0.2) is 42.5 Å². The van der Waals surface area contributed by atoms with E-state index in [-0.39, 0.29) is 12.1 Å². The molecule has 1 saturated heterocycles. The molecule has 4 aliphatic rings. The number of hydrogen-bond donors (Lipinski definition) is 1. The van der Waals surface area contributed by atoms with Gasteiger partial charge in [0.1, 0.15) is 0 Å². The number of benzene rings is 2. The van der Waals surface area contributed by atoms with E-state index in [9.17, 15) is 5.11 Å². The molecule has 0 saturated carbocycles. The molecule has 2 bridgehead atoms. The Bertz CT molecular complexity index is 1240. The quantitative estimate of drug-likeness (QED) is 0.680. The first-order valence-corrected chi connectivity index (χ1v) is 10.7. The van der Waals surface area contributed by atoms with Gasteiger partial charge >= 0.3 is 0 Å². The fourth-order valence-corrected chi connectivity index (χ4v) is 6.91. The lowest BCUT2D eigenvalue weighted by molar-refractivity contribution is -0.167. The van der Waals surface area contributed by atoms with Crippen molar-refractivity contribution in [3.05, 3.63) is 64.8 Å². The average molecular weight is 400 g/mol. The topological polar surface area (TPSA) is 54.8 Å². The molecule has 152 valence electrons. The van der Waals surface area contributed by atoms with Gasteiger partial charge in [0.25, 0.3) is 0 Å². The number of rotatable bonds is 1. The fourth-order valence-electron chi connectivity index (χ4n) is 6.91. The highest BCUT2D eigenvalue weighted by Crippen LogP contribution is 2.68. The second kappa shape index (κ2) is 5.34. The standard InChI is InChI=1S/C25H24N2O3/c1-27-10-9-24-20-15-7-8-18(29-2)22(20)30-23(24)21-16(13-25(24,28)19(27)12-15)11-14-5-3-4-6-17(14)26-21/h3-8,11,19,23,28H,9-10,12-13H2,1-2H3/t19-,23?,24+,25?/m1/s1. The molecule has 2 aliphatic carbocycles. The van der Waals surface area contributed by atoms with Crippen molar-refractivity contribution in [2.45, 2.75) is 42.4 Å². The van der Waals surface area contributed by atoms with Gasteiger partial charge in [0.15, 0.2) is 17.6 Å². The minimum atomic E-state index is -0.896. The molecule has 3 heterocycles. The molecular formula is C25H24N2O3. The number of ether oxygens (including phenoxy) is 2. The van der Waals surface area contributed by atoms with Crippen LogP contribution < -0.4 is 9.47 Å². The van der Waals surface area contributed by atoms with Crippen LogP contribution in [0.4, 0.5) is 0 Å². The molecule has 0 radical (unpaired) electrons. The highest BCUT2D eigenvalue weighted by molar-refractivity contribution is 5.80. The van der Waals surface area contributed by atoms with Crippen LogP contribution in [-0.2, 0) is 18.3 Å². The number of fused-ring (bicyclic) bond motifs is 3. The van der Waals surface area contributed by atoms with E-state index < -0.39 is 11.0 Å². The Kier molecular flexibility index (Phi) is 3.04. The highest BCUT2D eigenvalue weighted by Gasteiger charge is 2.72. The largest absolute Gasteiger partial charge is 0.493 e. The van der Waals surface area contributed by atoms with Gasteiger partial charge in [-0.25, -0.2) is 4.98 Å². The van der Waals surface area contributed by atoms with Crippen molar-refractivity contribution >= 4 is 10.9 Å². The molecule has 2 aromatic carbocycles. The number of para-hydroxylation sites is 1. The van der Waals surface area contributed by atoms with Crippen LogP contribution in [0.2, 0.25) is 0 Å². The molecule has 30 heavy (non-hydrogen) atoms. The summed E-state index contributed by atoms with van der Waals surface area (Å²) in [7, 11) is 3.83. The number of aliphatic hydroxyl groups is 1. The minimum Gasteiger partial charge on any atom is -0.493 e. The number of likely N-dealkylation sites (tertiary alicyclic amines) is 1. The van der Waals surface area contributed by atoms with Crippen LogP contribution in [0.25, 0.3) is 10.9 Å². The maximum atomic E-state index is 12.5. The normalized spacial score (nSPS) is 33.0. The van der Waals surface area contributed by atoms with Gasteiger partial charge in [-0.3, -0.25) is 0 Å². The van der Waals surface area contributed by atoms with Crippen molar-refractivity contribution in [2.75, 3.05) is 20.7 Å². The molecule has 1 N–H and O–H groups in total. The number of hydrogen-bond acceptors (Lipinski definition) is 5. The zero-order chi connectivity index (χ0) is 20.3. The molecule has 7 rings (SSSR count). The third kappa shape index (κ3) is 1.73. The van der Waals surface area contributed by atoms with E-state index in [0.717, 1.165) is 53.0 Å². The number of aromatic nitrogens is 1. The summed E-state index contributed by atoms with van der Waals surface area (Å²) in [6.07, 6.45) is 1.98. The maximum absolute atomic E-state index is 12.5. The van der Waals surface area contributed by atoms with Gasteiger partial charge in [0.2, 0.25) is 0 Å². The summed E-state index contributed by atoms with van der Waals surface area (Å²) in [5.74, 6) is 1.56. The van der Waals surface area contributed by atoms with E-state index in [1.165, 1.54) is 11.1 Å². The van der Waals surface area contributed by atoms with Crippen molar-refractivity contribution in [2.24, 2.45) is 0 Å². The third-order valence-corrected chi connectivity index (χ3v) is 8.23. The van der Waals surface area contributed by atoms with E-state index in [2.05, 4.69) is 36.2 Å². The van der Waals surface area contributed by atoms with Gasteiger partial charge in [-0.1, -0.05) is 24.3 Å². The molecule has 1 aromatic heterocycles. The lowest BCUT2D eigenvalue weighted by Crippen LogP contribution is -2.74. The molecule has 4 atom stereocenters. The smallest absolute Gasteiger partial charge is 0.166 e. The molecule has 1 spiro atoms. The number of nitrogens with zero attached hydrogens (tertiary/aromatic N) is 2. The number of likely N-dealkylation sites (N-methyl/N-ethyl adjacent to an activating group) is 1. The number of methoxy groups -OCH3 is 1. The fraction of sp³-hybridized carbons (Fsp3) is 0.400. The lowest BCUT2D eigenvalue weighted by atomic mass is 9.49. The van der Waals surface area contributed by atoms with Gasteiger partial charge in [-0.05, 0) is 55.8 Å². The van der Waals surface area contributed by atoms with Crippen molar-refractivity contribution in [1.82, 2.24) is 9.88 Å². The molecule has 0 amide bonds. The highest BCUT2D eigenvalue weighted by atomic mass is 16.5. The maximum Gasteiger partial charge on any atom is 0.166 e. The molecule has 1 fully saturated rings. The van der Waals surface area contributed by atoms with Crippen LogP contribution in [0.3, 0.4) is 0 Å². The van der Waals surface area contributed by atoms with E-state index in [1.807, 2.05) is 18.2 Å². The van der Waals surface area contributed by atoms with E-state index in [1.54, 1.807) is 7.11 Å². The first-order chi connectivity index (χ1) is 14.6. The second-order valence-corrected chi connectivity index (χ2v) is 9.38. The first-order valence-electron chi connectivity index (χ1n) is 10.7. The summed E-state index contributed by atoms with van der Waals surface area (Å²) in [6.45, 7) is 0.936. The average Bonchev–Trinajstić information content (AvgIpc) is 3.10. The molecular weight excluding hydrogens is 376 g/mol.